The zero-order chi connectivity index (χ0) is 14.7. The van der Waals surface area contributed by atoms with Crippen LogP contribution in [0.25, 0.3) is 0 Å². The summed E-state index contributed by atoms with van der Waals surface area (Å²) in [5, 5.41) is 0. The highest BCUT2D eigenvalue weighted by Crippen LogP contribution is 2.32. The standard InChI is InChI=1S/C19H24N2/c1-15-7-9-16(10-8-15)12-21-13-18(11-20)19(14-21)17-5-3-2-4-6-17/h2-10,18-19H,11-14,20H2,1H3/t18-,19+/m1/s1. The summed E-state index contributed by atoms with van der Waals surface area (Å²) < 4.78 is 0. The molecule has 0 aromatic heterocycles. The summed E-state index contributed by atoms with van der Waals surface area (Å²) in [6.07, 6.45) is 0. The van der Waals surface area contributed by atoms with E-state index in [1.54, 1.807) is 0 Å². The van der Waals surface area contributed by atoms with Crippen LogP contribution in [0.15, 0.2) is 54.6 Å². The summed E-state index contributed by atoms with van der Waals surface area (Å²) in [7, 11) is 0. The number of likely N-dealkylation sites (tertiary alicyclic amines) is 1. The number of benzene rings is 2. The van der Waals surface area contributed by atoms with E-state index < -0.39 is 0 Å². The second-order valence-electron chi connectivity index (χ2n) is 6.19. The van der Waals surface area contributed by atoms with Crippen LogP contribution in [0, 0.1) is 12.8 Å². The van der Waals surface area contributed by atoms with Crippen LogP contribution < -0.4 is 5.73 Å². The molecule has 0 bridgehead atoms. The molecule has 0 spiro atoms. The molecule has 0 unspecified atom stereocenters. The van der Waals surface area contributed by atoms with Gasteiger partial charge in [-0.3, -0.25) is 4.90 Å². The van der Waals surface area contributed by atoms with Gasteiger partial charge in [0.15, 0.2) is 0 Å². The van der Waals surface area contributed by atoms with E-state index in [-0.39, 0.29) is 0 Å². The smallest absolute Gasteiger partial charge is 0.0234 e. The predicted molar refractivity (Wildman–Crippen MR) is 88.2 cm³/mol. The average molecular weight is 280 g/mol. The van der Waals surface area contributed by atoms with Gasteiger partial charge in [0, 0.05) is 25.6 Å². The highest BCUT2D eigenvalue weighted by Gasteiger charge is 2.32. The van der Waals surface area contributed by atoms with Crippen LogP contribution in [0.3, 0.4) is 0 Å². The zero-order valence-corrected chi connectivity index (χ0v) is 12.7. The van der Waals surface area contributed by atoms with Gasteiger partial charge in [-0.2, -0.15) is 0 Å². The lowest BCUT2D eigenvalue weighted by molar-refractivity contribution is 0.317. The number of rotatable bonds is 4. The summed E-state index contributed by atoms with van der Waals surface area (Å²) in [5.41, 5.74) is 10.2. The van der Waals surface area contributed by atoms with Crippen molar-refractivity contribution in [2.24, 2.45) is 11.7 Å². The van der Waals surface area contributed by atoms with Gasteiger partial charge in [0.2, 0.25) is 0 Å². The maximum atomic E-state index is 6.01. The quantitative estimate of drug-likeness (QED) is 0.932. The van der Waals surface area contributed by atoms with Gasteiger partial charge in [0.1, 0.15) is 0 Å². The first-order valence-electron chi connectivity index (χ1n) is 7.79. The van der Waals surface area contributed by atoms with E-state index >= 15 is 0 Å². The molecule has 110 valence electrons. The molecule has 1 aliphatic rings. The molecule has 1 heterocycles. The van der Waals surface area contributed by atoms with Crippen LogP contribution in [0.1, 0.15) is 22.6 Å². The third-order valence-electron chi connectivity index (χ3n) is 4.57. The Labute approximate surface area is 127 Å². The Hall–Kier alpha value is -1.64. The van der Waals surface area contributed by atoms with Crippen LogP contribution in [0.5, 0.6) is 0 Å². The molecule has 2 N–H and O–H groups in total. The Kier molecular flexibility index (Phi) is 4.37. The third-order valence-corrected chi connectivity index (χ3v) is 4.57. The van der Waals surface area contributed by atoms with Gasteiger partial charge in [-0.25, -0.2) is 0 Å². The molecule has 0 aliphatic carbocycles. The number of hydrogen-bond donors (Lipinski definition) is 1. The minimum Gasteiger partial charge on any atom is -0.330 e. The number of hydrogen-bond acceptors (Lipinski definition) is 2. The molecule has 0 radical (unpaired) electrons. The predicted octanol–water partition coefficient (Wildman–Crippen LogP) is 3.17. The second kappa shape index (κ2) is 6.42. The molecular formula is C19H24N2. The topological polar surface area (TPSA) is 29.3 Å². The molecule has 1 fully saturated rings. The van der Waals surface area contributed by atoms with E-state index in [1.807, 2.05) is 0 Å². The maximum absolute atomic E-state index is 6.01. The molecule has 0 amide bonds. The van der Waals surface area contributed by atoms with Gasteiger partial charge in [-0.05, 0) is 30.5 Å². The SMILES string of the molecule is Cc1ccc(CN2C[C@@H](CN)[C@H](c3ccccc3)C2)cc1. The van der Waals surface area contributed by atoms with Crippen LogP contribution >= 0.6 is 0 Å². The molecule has 2 nitrogen and oxygen atoms in total. The Morgan fingerprint density at radius 3 is 2.38 bits per heavy atom. The summed E-state index contributed by atoms with van der Waals surface area (Å²) in [6, 6.07) is 19.7. The molecule has 1 saturated heterocycles. The summed E-state index contributed by atoms with van der Waals surface area (Å²) in [4.78, 5) is 2.54. The Morgan fingerprint density at radius 2 is 1.71 bits per heavy atom. The van der Waals surface area contributed by atoms with Gasteiger partial charge in [-0.15, -0.1) is 0 Å². The lowest BCUT2D eigenvalue weighted by Crippen LogP contribution is -2.23. The monoisotopic (exact) mass is 280 g/mol. The van der Waals surface area contributed by atoms with Crippen molar-refractivity contribution in [3.8, 4) is 0 Å². The second-order valence-corrected chi connectivity index (χ2v) is 6.19. The average Bonchev–Trinajstić information content (AvgIpc) is 2.93. The van der Waals surface area contributed by atoms with E-state index in [0.717, 1.165) is 26.2 Å². The van der Waals surface area contributed by atoms with Crippen LogP contribution in [0.2, 0.25) is 0 Å². The van der Waals surface area contributed by atoms with Crippen molar-refractivity contribution in [1.82, 2.24) is 4.90 Å². The van der Waals surface area contributed by atoms with Crippen molar-refractivity contribution in [1.29, 1.82) is 0 Å². The molecule has 2 aromatic rings. The first-order chi connectivity index (χ1) is 10.3. The molecule has 2 heteroatoms. The fourth-order valence-corrected chi connectivity index (χ4v) is 3.36. The highest BCUT2D eigenvalue weighted by atomic mass is 15.2. The minimum atomic E-state index is 0.567. The molecule has 0 saturated carbocycles. The van der Waals surface area contributed by atoms with E-state index in [9.17, 15) is 0 Å². The maximum Gasteiger partial charge on any atom is 0.0234 e. The minimum absolute atomic E-state index is 0.567. The lowest BCUT2D eigenvalue weighted by atomic mass is 9.89. The summed E-state index contributed by atoms with van der Waals surface area (Å²) in [6.45, 7) is 6.14. The van der Waals surface area contributed by atoms with Gasteiger partial charge in [0.25, 0.3) is 0 Å². The van der Waals surface area contributed by atoms with Crippen LogP contribution in [0.4, 0.5) is 0 Å². The fourth-order valence-electron chi connectivity index (χ4n) is 3.36. The fraction of sp³-hybridized carbons (Fsp3) is 0.368. The summed E-state index contributed by atoms with van der Waals surface area (Å²) in [5.74, 6) is 1.14. The van der Waals surface area contributed by atoms with E-state index in [2.05, 4.69) is 66.4 Å². The lowest BCUT2D eigenvalue weighted by Gasteiger charge is -2.17. The number of aryl methyl sites for hydroxylation is 1. The Morgan fingerprint density at radius 1 is 1.00 bits per heavy atom. The largest absolute Gasteiger partial charge is 0.330 e. The Bertz CT molecular complexity index is 562. The van der Waals surface area contributed by atoms with Crippen molar-refractivity contribution < 1.29 is 0 Å². The molecule has 2 aromatic carbocycles. The molecule has 21 heavy (non-hydrogen) atoms. The van der Waals surface area contributed by atoms with Crippen molar-refractivity contribution in [2.75, 3.05) is 19.6 Å². The normalized spacial score (nSPS) is 22.6. The summed E-state index contributed by atoms with van der Waals surface area (Å²) >= 11 is 0. The number of nitrogens with zero attached hydrogens (tertiary/aromatic N) is 1. The van der Waals surface area contributed by atoms with Gasteiger partial charge in [-0.1, -0.05) is 60.2 Å². The van der Waals surface area contributed by atoms with Gasteiger partial charge < -0.3 is 5.73 Å². The first kappa shape index (κ1) is 14.3. The van der Waals surface area contributed by atoms with Crippen LogP contribution in [-0.2, 0) is 6.54 Å². The molecule has 1 aliphatic heterocycles. The Balaban J connectivity index is 1.70. The van der Waals surface area contributed by atoms with E-state index in [4.69, 9.17) is 5.73 Å². The van der Waals surface area contributed by atoms with Crippen molar-refractivity contribution in [2.45, 2.75) is 19.4 Å². The van der Waals surface area contributed by atoms with Crippen molar-refractivity contribution >= 4 is 0 Å². The molecule has 3 rings (SSSR count). The van der Waals surface area contributed by atoms with E-state index in [0.29, 0.717) is 11.8 Å². The first-order valence-corrected chi connectivity index (χ1v) is 7.79. The van der Waals surface area contributed by atoms with Gasteiger partial charge >= 0.3 is 0 Å². The number of nitrogens with two attached hydrogens (primary N) is 1. The van der Waals surface area contributed by atoms with E-state index in [1.165, 1.54) is 16.7 Å². The highest BCUT2D eigenvalue weighted by molar-refractivity contribution is 5.24. The van der Waals surface area contributed by atoms with Crippen molar-refractivity contribution in [3.05, 3.63) is 71.3 Å². The zero-order valence-electron chi connectivity index (χ0n) is 12.7. The third kappa shape index (κ3) is 3.34. The van der Waals surface area contributed by atoms with Crippen molar-refractivity contribution in [3.63, 3.8) is 0 Å². The van der Waals surface area contributed by atoms with Crippen LogP contribution in [-0.4, -0.2) is 24.5 Å². The molecule has 2 atom stereocenters. The molecular weight excluding hydrogens is 256 g/mol. The van der Waals surface area contributed by atoms with Gasteiger partial charge in [0.05, 0.1) is 0 Å².